The maximum absolute atomic E-state index is 13.9. The van der Waals surface area contributed by atoms with Crippen molar-refractivity contribution in [1.29, 1.82) is 0 Å². The van der Waals surface area contributed by atoms with E-state index in [0.29, 0.717) is 75.4 Å². The molecule has 5 rings (SSSR count). The van der Waals surface area contributed by atoms with Crippen LogP contribution in [0.2, 0.25) is 0 Å². The second kappa shape index (κ2) is 8.61. The minimum absolute atomic E-state index is 0.0957. The number of alkyl halides is 2. The zero-order valence-corrected chi connectivity index (χ0v) is 17.3. The predicted molar refractivity (Wildman–Crippen MR) is 112 cm³/mol. The number of rotatable bonds is 5. The molecule has 10 nitrogen and oxygen atoms in total. The van der Waals surface area contributed by atoms with Gasteiger partial charge in [0, 0.05) is 39.3 Å². The Kier molecular flexibility index (Phi) is 5.52. The van der Waals surface area contributed by atoms with Crippen molar-refractivity contribution in [2.75, 3.05) is 62.3 Å². The lowest BCUT2D eigenvalue weighted by Crippen LogP contribution is -2.46. The van der Waals surface area contributed by atoms with Gasteiger partial charge in [0.25, 0.3) is 6.43 Å². The molecule has 0 unspecified atom stereocenters. The average molecular weight is 444 g/mol. The normalized spacial score (nSPS) is 17.4. The first kappa shape index (κ1) is 20.5. The molecule has 1 amide bonds. The van der Waals surface area contributed by atoms with Crippen LogP contribution in [0.3, 0.4) is 0 Å². The third kappa shape index (κ3) is 3.81. The van der Waals surface area contributed by atoms with E-state index in [0.717, 1.165) is 6.41 Å². The third-order valence-electron chi connectivity index (χ3n) is 5.62. The Balaban J connectivity index is 1.63. The molecular weight excluding hydrogens is 422 g/mol. The summed E-state index contributed by atoms with van der Waals surface area (Å²) in [6.07, 6.45) is -1.98. The first-order valence-electron chi connectivity index (χ1n) is 10.4. The molecule has 0 N–H and O–H groups in total. The monoisotopic (exact) mass is 444 g/mol. The van der Waals surface area contributed by atoms with E-state index in [2.05, 4.69) is 19.9 Å². The summed E-state index contributed by atoms with van der Waals surface area (Å²) >= 11 is 0. The molecule has 4 heterocycles. The van der Waals surface area contributed by atoms with E-state index in [1.807, 2.05) is 9.80 Å². The highest BCUT2D eigenvalue weighted by Gasteiger charge is 2.26. The Labute approximate surface area is 182 Å². The number of carbonyl (C=O) groups is 1. The maximum Gasteiger partial charge on any atom is 0.296 e. The fourth-order valence-electron chi connectivity index (χ4n) is 3.92. The Bertz CT molecular complexity index is 1110. The van der Waals surface area contributed by atoms with Gasteiger partial charge in [-0.05, 0) is 12.1 Å². The van der Waals surface area contributed by atoms with Gasteiger partial charge in [0.15, 0.2) is 5.82 Å². The zero-order valence-electron chi connectivity index (χ0n) is 17.3. The summed E-state index contributed by atoms with van der Waals surface area (Å²) in [6.45, 7) is 4.40. The van der Waals surface area contributed by atoms with E-state index in [-0.39, 0.29) is 5.95 Å². The lowest BCUT2D eigenvalue weighted by atomic mass is 10.3. The molecule has 0 bridgehead atoms. The van der Waals surface area contributed by atoms with Crippen molar-refractivity contribution in [2.45, 2.75) is 6.43 Å². The summed E-state index contributed by atoms with van der Waals surface area (Å²) < 4.78 is 34.6. The molecule has 2 fully saturated rings. The number of benzene rings is 1. The van der Waals surface area contributed by atoms with Gasteiger partial charge in [0.1, 0.15) is 0 Å². The summed E-state index contributed by atoms with van der Waals surface area (Å²) in [4.78, 5) is 34.5. The standard InChI is InChI=1S/C20H22F2N8O2/c21-16(22)17-23-14-3-1-2-4-15(14)30(17)20-25-18(28-7-5-27(13-31)6-8-28)24-19(26-20)29-9-11-32-12-10-29/h1-4,13,16H,5-12H2. The summed E-state index contributed by atoms with van der Waals surface area (Å²) in [5.41, 5.74) is 0.941. The highest BCUT2D eigenvalue weighted by Crippen LogP contribution is 2.28. The van der Waals surface area contributed by atoms with Crippen molar-refractivity contribution in [3.05, 3.63) is 30.1 Å². The van der Waals surface area contributed by atoms with E-state index in [4.69, 9.17) is 4.74 Å². The van der Waals surface area contributed by atoms with Gasteiger partial charge in [-0.1, -0.05) is 12.1 Å². The fraction of sp³-hybridized carbons (Fsp3) is 0.450. The number of ether oxygens (including phenoxy) is 1. The van der Waals surface area contributed by atoms with Crippen molar-refractivity contribution in [1.82, 2.24) is 29.4 Å². The number of para-hydroxylation sites is 2. The van der Waals surface area contributed by atoms with Crippen LogP contribution in [0, 0.1) is 0 Å². The molecule has 0 spiro atoms. The molecule has 3 aromatic rings. The van der Waals surface area contributed by atoms with Gasteiger partial charge in [0.05, 0.1) is 24.2 Å². The topological polar surface area (TPSA) is 92.5 Å². The summed E-state index contributed by atoms with van der Waals surface area (Å²) in [7, 11) is 0. The molecule has 2 aromatic heterocycles. The van der Waals surface area contributed by atoms with Gasteiger partial charge in [-0.3, -0.25) is 9.36 Å². The average Bonchev–Trinajstić information content (AvgIpc) is 3.24. The predicted octanol–water partition coefficient (Wildman–Crippen LogP) is 1.26. The van der Waals surface area contributed by atoms with Crippen LogP contribution < -0.4 is 9.80 Å². The lowest BCUT2D eigenvalue weighted by molar-refractivity contribution is -0.118. The van der Waals surface area contributed by atoms with E-state index >= 15 is 0 Å². The molecule has 32 heavy (non-hydrogen) atoms. The number of nitrogens with zero attached hydrogens (tertiary/aromatic N) is 8. The number of morpholine rings is 1. The van der Waals surface area contributed by atoms with Crippen LogP contribution in [-0.4, -0.2) is 88.3 Å². The van der Waals surface area contributed by atoms with Crippen LogP contribution >= 0.6 is 0 Å². The number of hydrogen-bond donors (Lipinski definition) is 0. The summed E-state index contributed by atoms with van der Waals surface area (Å²) in [5, 5.41) is 0. The number of amides is 1. The summed E-state index contributed by atoms with van der Waals surface area (Å²) in [5.74, 6) is 0.476. The van der Waals surface area contributed by atoms with E-state index in [1.165, 1.54) is 4.57 Å². The van der Waals surface area contributed by atoms with Crippen LogP contribution in [0.4, 0.5) is 20.7 Å². The van der Waals surface area contributed by atoms with Gasteiger partial charge >= 0.3 is 0 Å². The van der Waals surface area contributed by atoms with Gasteiger partial charge < -0.3 is 19.4 Å². The van der Waals surface area contributed by atoms with E-state index in [9.17, 15) is 13.6 Å². The number of hydrogen-bond acceptors (Lipinski definition) is 8. The largest absolute Gasteiger partial charge is 0.378 e. The van der Waals surface area contributed by atoms with Crippen LogP contribution in [-0.2, 0) is 9.53 Å². The quantitative estimate of drug-likeness (QED) is 0.544. The SMILES string of the molecule is O=CN1CCN(c2nc(N3CCOCC3)nc(-n3c(C(F)F)nc4ccccc43)n2)CC1. The van der Waals surface area contributed by atoms with Gasteiger partial charge in [-0.15, -0.1) is 0 Å². The van der Waals surface area contributed by atoms with Gasteiger partial charge in [-0.25, -0.2) is 13.8 Å². The Morgan fingerprint density at radius 2 is 1.47 bits per heavy atom. The molecule has 0 atom stereocenters. The number of anilines is 2. The molecule has 2 aliphatic rings. The molecule has 1 aromatic carbocycles. The fourth-order valence-corrected chi connectivity index (χ4v) is 3.92. The Morgan fingerprint density at radius 1 is 0.844 bits per heavy atom. The highest BCUT2D eigenvalue weighted by molar-refractivity contribution is 5.77. The van der Waals surface area contributed by atoms with Crippen LogP contribution in [0.1, 0.15) is 12.2 Å². The van der Waals surface area contributed by atoms with Gasteiger partial charge in [-0.2, -0.15) is 15.0 Å². The molecule has 2 saturated heterocycles. The number of carbonyl (C=O) groups excluding carboxylic acids is 1. The highest BCUT2D eigenvalue weighted by atomic mass is 19.3. The second-order valence-electron chi connectivity index (χ2n) is 7.56. The van der Waals surface area contributed by atoms with Crippen molar-refractivity contribution in [3.8, 4) is 5.95 Å². The maximum atomic E-state index is 13.9. The molecular formula is C20H22F2N8O2. The molecule has 12 heteroatoms. The second-order valence-corrected chi connectivity index (χ2v) is 7.56. The van der Waals surface area contributed by atoms with E-state index < -0.39 is 12.2 Å². The van der Waals surface area contributed by atoms with Crippen molar-refractivity contribution in [3.63, 3.8) is 0 Å². The summed E-state index contributed by atoms with van der Waals surface area (Å²) in [6, 6.07) is 6.91. The van der Waals surface area contributed by atoms with Crippen molar-refractivity contribution < 1.29 is 18.3 Å². The third-order valence-corrected chi connectivity index (χ3v) is 5.62. The number of piperazine rings is 1. The van der Waals surface area contributed by atoms with E-state index in [1.54, 1.807) is 29.2 Å². The Hall–Kier alpha value is -3.41. The number of fused-ring (bicyclic) bond motifs is 1. The van der Waals surface area contributed by atoms with Crippen molar-refractivity contribution in [2.24, 2.45) is 0 Å². The van der Waals surface area contributed by atoms with Crippen LogP contribution in [0.25, 0.3) is 17.0 Å². The van der Waals surface area contributed by atoms with Gasteiger partial charge in [0.2, 0.25) is 24.3 Å². The number of halogens is 2. The molecule has 0 aliphatic carbocycles. The van der Waals surface area contributed by atoms with Crippen molar-refractivity contribution >= 4 is 29.3 Å². The molecule has 2 aliphatic heterocycles. The minimum Gasteiger partial charge on any atom is -0.378 e. The molecule has 0 saturated carbocycles. The Morgan fingerprint density at radius 3 is 2.12 bits per heavy atom. The lowest BCUT2D eigenvalue weighted by Gasteiger charge is -2.33. The first-order chi connectivity index (χ1) is 15.6. The number of imidazole rings is 1. The smallest absolute Gasteiger partial charge is 0.296 e. The zero-order chi connectivity index (χ0) is 22.1. The van der Waals surface area contributed by atoms with Crippen LogP contribution in [0.5, 0.6) is 0 Å². The molecule has 0 radical (unpaired) electrons. The minimum atomic E-state index is -2.80. The number of aromatic nitrogens is 5. The van der Waals surface area contributed by atoms with Crippen LogP contribution in [0.15, 0.2) is 24.3 Å². The first-order valence-corrected chi connectivity index (χ1v) is 10.4. The molecule has 168 valence electrons.